The first kappa shape index (κ1) is 10.2. The first-order valence-corrected chi connectivity index (χ1v) is 5.79. The number of aliphatic hydroxyl groups is 1. The highest BCUT2D eigenvalue weighted by atomic mass is 16.3. The van der Waals surface area contributed by atoms with Crippen LogP contribution in [0.4, 0.5) is 0 Å². The van der Waals surface area contributed by atoms with Crippen LogP contribution in [0.3, 0.4) is 0 Å². The molecule has 2 saturated carbocycles. The standard InChI is InChI=1S/C12H20O2/c1-7-3-6-11(14)10-5-4-9(8(2)13)12(7)10/h7,9-12,14H,3-6H2,1-2H3. The van der Waals surface area contributed by atoms with Gasteiger partial charge in [0.25, 0.3) is 0 Å². The maximum absolute atomic E-state index is 11.5. The van der Waals surface area contributed by atoms with Crippen LogP contribution in [-0.2, 0) is 4.79 Å². The van der Waals surface area contributed by atoms with Crippen LogP contribution in [0.15, 0.2) is 0 Å². The minimum absolute atomic E-state index is 0.138. The van der Waals surface area contributed by atoms with Gasteiger partial charge >= 0.3 is 0 Å². The molecule has 0 amide bonds. The molecule has 0 radical (unpaired) electrons. The number of rotatable bonds is 1. The van der Waals surface area contributed by atoms with Crippen LogP contribution in [0.1, 0.15) is 39.5 Å². The fraction of sp³-hybridized carbons (Fsp3) is 0.917. The lowest BCUT2D eigenvalue weighted by molar-refractivity contribution is -0.123. The highest BCUT2D eigenvalue weighted by Crippen LogP contribution is 2.48. The number of carbonyl (C=O) groups is 1. The molecule has 80 valence electrons. The quantitative estimate of drug-likeness (QED) is 0.696. The lowest BCUT2D eigenvalue weighted by Gasteiger charge is -2.37. The number of aliphatic hydroxyl groups excluding tert-OH is 1. The average Bonchev–Trinajstić information content (AvgIpc) is 2.56. The third kappa shape index (κ3) is 1.50. The van der Waals surface area contributed by atoms with Crippen molar-refractivity contribution in [3.63, 3.8) is 0 Å². The van der Waals surface area contributed by atoms with Crippen molar-refractivity contribution in [2.45, 2.75) is 45.6 Å². The van der Waals surface area contributed by atoms with Crippen LogP contribution >= 0.6 is 0 Å². The first-order valence-electron chi connectivity index (χ1n) is 5.79. The van der Waals surface area contributed by atoms with Crippen molar-refractivity contribution in [3.05, 3.63) is 0 Å². The van der Waals surface area contributed by atoms with Crippen LogP contribution in [0.25, 0.3) is 0 Å². The molecule has 2 heteroatoms. The van der Waals surface area contributed by atoms with E-state index in [4.69, 9.17) is 0 Å². The van der Waals surface area contributed by atoms with Gasteiger partial charge in [-0.2, -0.15) is 0 Å². The average molecular weight is 196 g/mol. The summed E-state index contributed by atoms with van der Waals surface area (Å²) < 4.78 is 0. The number of hydrogen-bond acceptors (Lipinski definition) is 2. The summed E-state index contributed by atoms with van der Waals surface area (Å²) in [4.78, 5) is 11.5. The van der Waals surface area contributed by atoms with Gasteiger partial charge in [-0.05, 0) is 50.4 Å². The van der Waals surface area contributed by atoms with Crippen LogP contribution in [0.2, 0.25) is 0 Å². The Balaban J connectivity index is 2.17. The van der Waals surface area contributed by atoms with E-state index in [9.17, 15) is 9.90 Å². The fourth-order valence-electron chi connectivity index (χ4n) is 3.64. The van der Waals surface area contributed by atoms with Gasteiger partial charge in [0.2, 0.25) is 0 Å². The smallest absolute Gasteiger partial charge is 0.133 e. The molecule has 0 aromatic heterocycles. The zero-order valence-electron chi connectivity index (χ0n) is 9.07. The van der Waals surface area contributed by atoms with Crippen molar-refractivity contribution in [1.29, 1.82) is 0 Å². The number of fused-ring (bicyclic) bond motifs is 1. The minimum Gasteiger partial charge on any atom is -0.393 e. The summed E-state index contributed by atoms with van der Waals surface area (Å²) in [6, 6.07) is 0. The highest BCUT2D eigenvalue weighted by Gasteiger charge is 2.46. The van der Waals surface area contributed by atoms with E-state index in [1.807, 2.05) is 0 Å². The lowest BCUT2D eigenvalue weighted by atomic mass is 9.69. The predicted octanol–water partition coefficient (Wildman–Crippen LogP) is 2.01. The Hall–Kier alpha value is -0.370. The third-order valence-electron chi connectivity index (χ3n) is 4.36. The maximum atomic E-state index is 11.5. The van der Waals surface area contributed by atoms with E-state index in [0.29, 0.717) is 23.5 Å². The second-order valence-electron chi connectivity index (χ2n) is 5.16. The molecular formula is C12H20O2. The molecule has 0 bridgehead atoms. The maximum Gasteiger partial charge on any atom is 0.133 e. The Labute approximate surface area is 85.7 Å². The summed E-state index contributed by atoms with van der Waals surface area (Å²) in [5.74, 6) is 2.08. The molecule has 2 rings (SSSR count). The zero-order chi connectivity index (χ0) is 10.3. The van der Waals surface area contributed by atoms with E-state index in [1.54, 1.807) is 6.92 Å². The van der Waals surface area contributed by atoms with E-state index < -0.39 is 0 Å². The van der Waals surface area contributed by atoms with Gasteiger partial charge in [0.1, 0.15) is 5.78 Å². The van der Waals surface area contributed by atoms with Gasteiger partial charge in [0.15, 0.2) is 0 Å². The Morgan fingerprint density at radius 3 is 2.57 bits per heavy atom. The minimum atomic E-state index is -0.138. The third-order valence-corrected chi connectivity index (χ3v) is 4.36. The number of Topliss-reactive ketones (excluding diaryl/α,β-unsaturated/α-hetero) is 1. The molecule has 0 aromatic rings. The Morgan fingerprint density at radius 1 is 1.21 bits per heavy atom. The van der Waals surface area contributed by atoms with Gasteiger partial charge < -0.3 is 5.11 Å². The lowest BCUT2D eigenvalue weighted by Crippen LogP contribution is -2.37. The molecular weight excluding hydrogens is 176 g/mol. The monoisotopic (exact) mass is 196 g/mol. The molecule has 14 heavy (non-hydrogen) atoms. The first-order chi connectivity index (χ1) is 6.61. The van der Waals surface area contributed by atoms with Gasteiger partial charge in [-0.3, -0.25) is 4.79 Å². The molecule has 2 aliphatic carbocycles. The van der Waals surface area contributed by atoms with Crippen LogP contribution < -0.4 is 0 Å². The molecule has 2 nitrogen and oxygen atoms in total. The second kappa shape index (κ2) is 3.65. The largest absolute Gasteiger partial charge is 0.393 e. The van der Waals surface area contributed by atoms with Gasteiger partial charge in [0.05, 0.1) is 6.10 Å². The molecule has 0 heterocycles. The van der Waals surface area contributed by atoms with Crippen molar-refractivity contribution in [2.75, 3.05) is 0 Å². The van der Waals surface area contributed by atoms with Crippen LogP contribution in [-0.4, -0.2) is 17.0 Å². The van der Waals surface area contributed by atoms with Crippen molar-refractivity contribution in [2.24, 2.45) is 23.7 Å². The van der Waals surface area contributed by atoms with E-state index >= 15 is 0 Å². The predicted molar refractivity (Wildman–Crippen MR) is 54.8 cm³/mol. The molecule has 0 saturated heterocycles. The number of carbonyl (C=O) groups excluding carboxylic acids is 1. The fourth-order valence-corrected chi connectivity index (χ4v) is 3.64. The van der Waals surface area contributed by atoms with E-state index in [0.717, 1.165) is 25.7 Å². The molecule has 5 unspecified atom stereocenters. The second-order valence-corrected chi connectivity index (χ2v) is 5.16. The van der Waals surface area contributed by atoms with Crippen molar-refractivity contribution >= 4 is 5.78 Å². The summed E-state index contributed by atoms with van der Waals surface area (Å²) in [6.45, 7) is 3.95. The van der Waals surface area contributed by atoms with E-state index in [-0.39, 0.29) is 12.0 Å². The summed E-state index contributed by atoms with van der Waals surface area (Å²) in [6.07, 6.45) is 3.95. The molecule has 0 spiro atoms. The van der Waals surface area contributed by atoms with Crippen molar-refractivity contribution < 1.29 is 9.90 Å². The summed E-state index contributed by atoms with van der Waals surface area (Å²) in [7, 11) is 0. The zero-order valence-corrected chi connectivity index (χ0v) is 9.07. The SMILES string of the molecule is CC(=O)C1CCC2C(O)CCC(C)C12. The van der Waals surface area contributed by atoms with Crippen LogP contribution in [0, 0.1) is 23.7 Å². The molecule has 2 fully saturated rings. The van der Waals surface area contributed by atoms with Crippen molar-refractivity contribution in [1.82, 2.24) is 0 Å². The Morgan fingerprint density at radius 2 is 1.93 bits per heavy atom. The number of ketones is 1. The van der Waals surface area contributed by atoms with E-state index in [1.165, 1.54) is 0 Å². The van der Waals surface area contributed by atoms with Crippen LogP contribution in [0.5, 0.6) is 0 Å². The molecule has 5 atom stereocenters. The molecule has 0 aliphatic heterocycles. The highest BCUT2D eigenvalue weighted by molar-refractivity contribution is 5.79. The van der Waals surface area contributed by atoms with Gasteiger partial charge in [-0.15, -0.1) is 0 Å². The summed E-state index contributed by atoms with van der Waals surface area (Å²) in [5, 5.41) is 9.89. The molecule has 0 aromatic carbocycles. The van der Waals surface area contributed by atoms with Gasteiger partial charge in [0, 0.05) is 5.92 Å². The molecule has 2 aliphatic rings. The normalized spacial score (nSPS) is 47.5. The summed E-state index contributed by atoms with van der Waals surface area (Å²) >= 11 is 0. The summed E-state index contributed by atoms with van der Waals surface area (Å²) in [5.41, 5.74) is 0. The van der Waals surface area contributed by atoms with Crippen molar-refractivity contribution in [3.8, 4) is 0 Å². The number of hydrogen-bond donors (Lipinski definition) is 1. The van der Waals surface area contributed by atoms with Gasteiger partial charge in [-0.25, -0.2) is 0 Å². The Kier molecular flexibility index (Phi) is 2.65. The molecule has 1 N–H and O–H groups in total. The topological polar surface area (TPSA) is 37.3 Å². The van der Waals surface area contributed by atoms with Gasteiger partial charge in [-0.1, -0.05) is 6.92 Å². The van der Waals surface area contributed by atoms with E-state index in [2.05, 4.69) is 6.92 Å². The Bertz CT molecular complexity index is 236.